The first-order valence-corrected chi connectivity index (χ1v) is 8.37. The molecule has 0 fully saturated rings. The molecule has 0 atom stereocenters. The molecule has 128 valence electrons. The summed E-state index contributed by atoms with van der Waals surface area (Å²) >= 11 is 1.25. The van der Waals surface area contributed by atoms with E-state index in [2.05, 4.69) is 9.98 Å². The molecule has 1 heterocycles. The van der Waals surface area contributed by atoms with Gasteiger partial charge in [-0.15, -0.1) is 11.3 Å². The van der Waals surface area contributed by atoms with Crippen molar-refractivity contribution >= 4 is 23.2 Å². The van der Waals surface area contributed by atoms with E-state index >= 15 is 0 Å². The van der Waals surface area contributed by atoms with E-state index in [0.29, 0.717) is 28.7 Å². The normalized spacial score (nSPS) is 10.4. The van der Waals surface area contributed by atoms with Gasteiger partial charge in [0.05, 0.1) is 12.3 Å². The highest BCUT2D eigenvalue weighted by Gasteiger charge is 2.16. The fraction of sp³-hybridized carbons (Fsp3) is 0.312. The fourth-order valence-corrected chi connectivity index (χ4v) is 2.99. The van der Waals surface area contributed by atoms with Gasteiger partial charge in [-0.1, -0.05) is 12.1 Å². The van der Waals surface area contributed by atoms with E-state index in [0.717, 1.165) is 24.2 Å². The molecule has 1 aromatic carbocycles. The molecule has 1 amide bonds. The molecular weight excluding hydrogens is 326 g/mol. The summed E-state index contributed by atoms with van der Waals surface area (Å²) in [7, 11) is 0. The quantitative estimate of drug-likeness (QED) is 0.397. The standard InChI is InChI=1S/C16H21N5O2S/c1-10-13(14(22)21-16(18)19)24-15(20-10)11-5-4-6-12(9-11)23-8-3-2-7-17/h4-6,9H,2-3,7-8,17H2,1H3,(H4,18,19,21,22). The predicted molar refractivity (Wildman–Crippen MR) is 96.2 cm³/mol. The van der Waals surface area contributed by atoms with E-state index in [4.69, 9.17) is 21.9 Å². The van der Waals surface area contributed by atoms with Gasteiger partial charge in [-0.2, -0.15) is 4.99 Å². The van der Waals surface area contributed by atoms with Crippen LogP contribution in [0.1, 0.15) is 28.2 Å². The number of thiazole rings is 1. The molecule has 6 N–H and O–H groups in total. The second-order valence-electron chi connectivity index (χ2n) is 5.15. The van der Waals surface area contributed by atoms with E-state index < -0.39 is 5.91 Å². The van der Waals surface area contributed by atoms with Crippen LogP contribution in [0.2, 0.25) is 0 Å². The van der Waals surface area contributed by atoms with Gasteiger partial charge < -0.3 is 21.9 Å². The summed E-state index contributed by atoms with van der Waals surface area (Å²) in [5.41, 5.74) is 17.4. The van der Waals surface area contributed by atoms with Crippen LogP contribution in [0.15, 0.2) is 29.3 Å². The molecule has 8 heteroatoms. The smallest absolute Gasteiger partial charge is 0.292 e. The highest BCUT2D eigenvalue weighted by Crippen LogP contribution is 2.30. The molecule has 0 saturated carbocycles. The maximum Gasteiger partial charge on any atom is 0.292 e. The number of benzene rings is 1. The van der Waals surface area contributed by atoms with Crippen molar-refractivity contribution in [3.05, 3.63) is 34.8 Å². The zero-order valence-electron chi connectivity index (χ0n) is 13.5. The summed E-state index contributed by atoms with van der Waals surface area (Å²) in [6.45, 7) is 3.03. The minimum atomic E-state index is -0.481. The Morgan fingerprint density at radius 3 is 2.83 bits per heavy atom. The largest absolute Gasteiger partial charge is 0.494 e. The summed E-state index contributed by atoms with van der Waals surface area (Å²) in [4.78, 5) is 20.4. The van der Waals surface area contributed by atoms with E-state index in [1.54, 1.807) is 6.92 Å². The number of amides is 1. The number of unbranched alkanes of at least 4 members (excludes halogenated alkanes) is 1. The number of nitrogens with two attached hydrogens (primary N) is 3. The lowest BCUT2D eigenvalue weighted by atomic mass is 10.2. The molecule has 0 radical (unpaired) electrons. The molecule has 24 heavy (non-hydrogen) atoms. The molecule has 0 aliphatic rings. The molecule has 0 spiro atoms. The Balaban J connectivity index is 2.17. The Morgan fingerprint density at radius 2 is 2.12 bits per heavy atom. The van der Waals surface area contributed by atoms with Crippen molar-refractivity contribution in [2.45, 2.75) is 19.8 Å². The van der Waals surface area contributed by atoms with Gasteiger partial charge in [0.15, 0.2) is 5.96 Å². The summed E-state index contributed by atoms with van der Waals surface area (Å²) in [6, 6.07) is 7.59. The maximum absolute atomic E-state index is 12.0. The van der Waals surface area contributed by atoms with Gasteiger partial charge in [0.1, 0.15) is 15.6 Å². The minimum absolute atomic E-state index is 0.262. The zero-order valence-corrected chi connectivity index (χ0v) is 14.3. The van der Waals surface area contributed by atoms with Gasteiger partial charge in [0.2, 0.25) is 0 Å². The molecule has 0 aliphatic carbocycles. The molecule has 1 aromatic heterocycles. The molecule has 0 bridgehead atoms. The number of nitrogens with zero attached hydrogens (tertiary/aromatic N) is 2. The van der Waals surface area contributed by atoms with Crippen molar-refractivity contribution in [1.82, 2.24) is 4.98 Å². The van der Waals surface area contributed by atoms with Crippen molar-refractivity contribution in [2.24, 2.45) is 22.2 Å². The number of rotatable bonds is 7. The molecule has 7 nitrogen and oxygen atoms in total. The van der Waals surface area contributed by atoms with Crippen LogP contribution in [-0.4, -0.2) is 30.0 Å². The van der Waals surface area contributed by atoms with Crippen molar-refractivity contribution in [3.63, 3.8) is 0 Å². The lowest BCUT2D eigenvalue weighted by Crippen LogP contribution is -2.24. The van der Waals surface area contributed by atoms with Gasteiger partial charge in [-0.25, -0.2) is 4.98 Å². The second kappa shape index (κ2) is 8.42. The van der Waals surface area contributed by atoms with Crippen LogP contribution in [-0.2, 0) is 0 Å². The molecule has 0 saturated heterocycles. The Bertz CT molecular complexity index is 738. The summed E-state index contributed by atoms with van der Waals surface area (Å²) in [6.07, 6.45) is 1.84. The minimum Gasteiger partial charge on any atom is -0.494 e. The average Bonchev–Trinajstić information content (AvgIpc) is 2.93. The van der Waals surface area contributed by atoms with Crippen molar-refractivity contribution < 1.29 is 9.53 Å². The van der Waals surface area contributed by atoms with Crippen LogP contribution in [0.25, 0.3) is 10.6 Å². The molecule has 2 aromatic rings. The third-order valence-electron chi connectivity index (χ3n) is 3.17. The predicted octanol–water partition coefficient (Wildman–Crippen LogP) is 1.65. The number of carbonyl (C=O) groups is 1. The summed E-state index contributed by atoms with van der Waals surface area (Å²) in [5.74, 6) is 0.0159. The molecule has 2 rings (SSSR count). The topological polar surface area (TPSA) is 130 Å². The Hall–Kier alpha value is -2.45. The summed E-state index contributed by atoms with van der Waals surface area (Å²) in [5, 5.41) is 0.717. The number of guanidine groups is 1. The van der Waals surface area contributed by atoms with Crippen molar-refractivity contribution in [3.8, 4) is 16.3 Å². The first-order valence-electron chi connectivity index (χ1n) is 7.56. The van der Waals surface area contributed by atoms with Gasteiger partial charge in [-0.05, 0) is 38.4 Å². The molecule has 0 aliphatic heterocycles. The highest BCUT2D eigenvalue weighted by atomic mass is 32.1. The SMILES string of the molecule is Cc1nc(-c2cccc(OCCCCN)c2)sc1C(=O)N=C(N)N. The number of ether oxygens (including phenoxy) is 1. The lowest BCUT2D eigenvalue weighted by molar-refractivity contribution is 0.101. The number of hydrogen-bond donors (Lipinski definition) is 3. The second-order valence-corrected chi connectivity index (χ2v) is 6.15. The van der Waals surface area contributed by atoms with Crippen LogP contribution in [0.5, 0.6) is 5.75 Å². The Kier molecular flexibility index (Phi) is 6.28. The third-order valence-corrected chi connectivity index (χ3v) is 4.36. The number of aromatic nitrogens is 1. The average molecular weight is 347 g/mol. The van der Waals surface area contributed by atoms with Crippen LogP contribution >= 0.6 is 11.3 Å². The van der Waals surface area contributed by atoms with Crippen LogP contribution < -0.4 is 21.9 Å². The zero-order chi connectivity index (χ0) is 17.5. The lowest BCUT2D eigenvalue weighted by Gasteiger charge is -2.06. The van der Waals surface area contributed by atoms with E-state index in [1.165, 1.54) is 11.3 Å². The van der Waals surface area contributed by atoms with E-state index in [1.807, 2.05) is 24.3 Å². The fourth-order valence-electron chi connectivity index (χ4n) is 2.04. The van der Waals surface area contributed by atoms with E-state index in [9.17, 15) is 4.79 Å². The molecular formula is C16H21N5O2S. The van der Waals surface area contributed by atoms with Crippen LogP contribution in [0.4, 0.5) is 0 Å². The van der Waals surface area contributed by atoms with Crippen molar-refractivity contribution in [1.29, 1.82) is 0 Å². The first-order chi connectivity index (χ1) is 11.5. The Morgan fingerprint density at radius 1 is 1.33 bits per heavy atom. The number of aliphatic imine (C=N–C) groups is 1. The first kappa shape index (κ1) is 17.9. The van der Waals surface area contributed by atoms with Crippen LogP contribution in [0.3, 0.4) is 0 Å². The van der Waals surface area contributed by atoms with Gasteiger partial charge in [-0.3, -0.25) is 4.79 Å². The number of carbonyl (C=O) groups excluding carboxylic acids is 1. The van der Waals surface area contributed by atoms with Gasteiger partial charge >= 0.3 is 0 Å². The van der Waals surface area contributed by atoms with Crippen molar-refractivity contribution in [2.75, 3.05) is 13.2 Å². The van der Waals surface area contributed by atoms with Gasteiger partial charge in [0, 0.05) is 5.56 Å². The maximum atomic E-state index is 12.0. The Labute approximate surface area is 144 Å². The van der Waals surface area contributed by atoms with Crippen LogP contribution in [0, 0.1) is 6.92 Å². The highest BCUT2D eigenvalue weighted by molar-refractivity contribution is 7.17. The van der Waals surface area contributed by atoms with E-state index in [-0.39, 0.29) is 5.96 Å². The molecule has 0 unspecified atom stereocenters. The number of hydrogen-bond acceptors (Lipinski definition) is 5. The van der Waals surface area contributed by atoms with Gasteiger partial charge in [0.25, 0.3) is 5.91 Å². The monoisotopic (exact) mass is 347 g/mol. The summed E-state index contributed by atoms with van der Waals surface area (Å²) < 4.78 is 5.71. The number of aryl methyl sites for hydroxylation is 1. The third kappa shape index (κ3) is 4.77.